The Kier molecular flexibility index (Phi) is 6.00. The molecule has 20 heavy (non-hydrogen) atoms. The van der Waals surface area contributed by atoms with E-state index in [1.54, 1.807) is 6.07 Å². The lowest BCUT2D eigenvalue weighted by atomic mass is 10.3. The molecular formula is C13H20N2O4S. The Bertz CT molecular complexity index is 557. The number of anilines is 1. The number of hydrogen-bond acceptors (Lipinski definition) is 5. The number of nitrogens with zero attached hydrogens (tertiary/aromatic N) is 1. The molecule has 0 fully saturated rings. The van der Waals surface area contributed by atoms with E-state index >= 15 is 0 Å². The average Bonchev–Trinajstić information content (AvgIpc) is 2.42. The number of benzene rings is 1. The van der Waals surface area contributed by atoms with Crippen LogP contribution in [-0.2, 0) is 14.8 Å². The molecule has 2 N–H and O–H groups in total. The van der Waals surface area contributed by atoms with Crippen LogP contribution in [0.5, 0.6) is 5.75 Å². The van der Waals surface area contributed by atoms with Crippen molar-refractivity contribution in [1.29, 1.82) is 0 Å². The van der Waals surface area contributed by atoms with Gasteiger partial charge in [0.25, 0.3) is 0 Å². The summed E-state index contributed by atoms with van der Waals surface area (Å²) >= 11 is 0. The Labute approximate surface area is 119 Å². The van der Waals surface area contributed by atoms with Crippen LogP contribution in [0.4, 0.5) is 5.69 Å². The fourth-order valence-corrected chi connectivity index (χ4v) is 3.17. The predicted molar refractivity (Wildman–Crippen MR) is 78.2 cm³/mol. The fraction of sp³-hybridized carbons (Fsp3) is 0.385. The van der Waals surface area contributed by atoms with Crippen LogP contribution in [0.3, 0.4) is 0 Å². The molecule has 0 amide bonds. The molecule has 112 valence electrons. The smallest absolute Gasteiger partial charge is 0.245 e. The van der Waals surface area contributed by atoms with Gasteiger partial charge in [-0.15, -0.1) is 6.58 Å². The molecule has 6 nitrogen and oxygen atoms in total. The van der Waals surface area contributed by atoms with E-state index in [1.165, 1.54) is 36.7 Å². The number of nitrogen functional groups attached to an aromatic ring is 1. The van der Waals surface area contributed by atoms with Crippen LogP contribution in [0.25, 0.3) is 0 Å². The first-order valence-corrected chi connectivity index (χ1v) is 7.45. The third-order valence-electron chi connectivity index (χ3n) is 2.71. The third-order valence-corrected chi connectivity index (χ3v) is 4.65. The van der Waals surface area contributed by atoms with Crippen molar-refractivity contribution >= 4 is 15.7 Å². The molecule has 0 aliphatic rings. The monoisotopic (exact) mass is 300 g/mol. The molecule has 0 atom stereocenters. The summed E-state index contributed by atoms with van der Waals surface area (Å²) in [7, 11) is -0.684. The first-order valence-electron chi connectivity index (χ1n) is 6.00. The van der Waals surface area contributed by atoms with Crippen LogP contribution in [-0.4, -0.2) is 46.6 Å². The van der Waals surface area contributed by atoms with Crippen molar-refractivity contribution in [1.82, 2.24) is 4.31 Å². The van der Waals surface area contributed by atoms with E-state index in [4.69, 9.17) is 15.2 Å². The lowest BCUT2D eigenvalue weighted by Gasteiger charge is -2.21. The van der Waals surface area contributed by atoms with Gasteiger partial charge in [0.05, 0.1) is 19.4 Å². The highest BCUT2D eigenvalue weighted by Crippen LogP contribution is 2.26. The maximum absolute atomic E-state index is 12.6. The van der Waals surface area contributed by atoms with Gasteiger partial charge in [0.2, 0.25) is 10.0 Å². The lowest BCUT2D eigenvalue weighted by Crippen LogP contribution is -2.34. The Morgan fingerprint density at radius 3 is 2.60 bits per heavy atom. The molecule has 0 aromatic heterocycles. The first kappa shape index (κ1) is 16.5. The summed E-state index contributed by atoms with van der Waals surface area (Å²) in [5.74, 6) is 0.508. The van der Waals surface area contributed by atoms with Crippen molar-refractivity contribution in [2.45, 2.75) is 4.90 Å². The maximum atomic E-state index is 12.6. The summed E-state index contributed by atoms with van der Waals surface area (Å²) < 4.78 is 36.3. The number of hydrogen-bond donors (Lipinski definition) is 1. The van der Waals surface area contributed by atoms with E-state index in [0.29, 0.717) is 12.4 Å². The molecule has 0 aliphatic heterocycles. The van der Waals surface area contributed by atoms with E-state index in [9.17, 15) is 8.42 Å². The van der Waals surface area contributed by atoms with E-state index in [1.807, 2.05) is 0 Å². The van der Waals surface area contributed by atoms with Crippen LogP contribution in [0.2, 0.25) is 0 Å². The van der Waals surface area contributed by atoms with E-state index in [0.717, 1.165) is 0 Å². The SMILES string of the molecule is C=CCN(CCOC)S(=O)(=O)c1ccc(OC)cc1N. The minimum absolute atomic E-state index is 0.0521. The van der Waals surface area contributed by atoms with Crippen LogP contribution >= 0.6 is 0 Å². The second-order valence-corrected chi connectivity index (χ2v) is 5.95. The zero-order chi connectivity index (χ0) is 15.2. The molecule has 0 bridgehead atoms. The van der Waals surface area contributed by atoms with Gasteiger partial charge in [-0.05, 0) is 12.1 Å². The third kappa shape index (κ3) is 3.72. The van der Waals surface area contributed by atoms with Gasteiger partial charge in [0, 0.05) is 26.3 Å². The van der Waals surface area contributed by atoms with Gasteiger partial charge in [-0.1, -0.05) is 6.08 Å². The van der Waals surface area contributed by atoms with Crippen LogP contribution in [0, 0.1) is 0 Å². The largest absolute Gasteiger partial charge is 0.497 e. The molecule has 7 heteroatoms. The molecule has 0 heterocycles. The van der Waals surface area contributed by atoms with Crippen LogP contribution in [0.15, 0.2) is 35.7 Å². The zero-order valence-corrected chi connectivity index (χ0v) is 12.5. The second kappa shape index (κ2) is 7.28. The Morgan fingerprint density at radius 2 is 2.10 bits per heavy atom. The summed E-state index contributed by atoms with van der Waals surface area (Å²) in [4.78, 5) is 0.0521. The van der Waals surface area contributed by atoms with Crippen molar-refractivity contribution in [2.75, 3.05) is 39.6 Å². The number of nitrogens with two attached hydrogens (primary N) is 1. The van der Waals surface area contributed by atoms with Gasteiger partial charge in [0.15, 0.2) is 0 Å². The zero-order valence-electron chi connectivity index (χ0n) is 11.7. The summed E-state index contributed by atoms with van der Waals surface area (Å²) in [6.45, 7) is 4.29. The summed E-state index contributed by atoms with van der Waals surface area (Å²) in [5, 5.41) is 0. The minimum atomic E-state index is -3.69. The van der Waals surface area contributed by atoms with E-state index in [-0.39, 0.29) is 23.7 Å². The topological polar surface area (TPSA) is 81.9 Å². The van der Waals surface area contributed by atoms with Crippen molar-refractivity contribution in [3.05, 3.63) is 30.9 Å². The van der Waals surface area contributed by atoms with Crippen molar-refractivity contribution in [2.24, 2.45) is 0 Å². The van der Waals surface area contributed by atoms with Gasteiger partial charge in [-0.2, -0.15) is 4.31 Å². The fourth-order valence-electron chi connectivity index (χ4n) is 1.67. The maximum Gasteiger partial charge on any atom is 0.245 e. The molecular weight excluding hydrogens is 280 g/mol. The quantitative estimate of drug-likeness (QED) is 0.574. The van der Waals surface area contributed by atoms with Crippen LogP contribution < -0.4 is 10.5 Å². The number of rotatable bonds is 8. The molecule has 0 aliphatic carbocycles. The number of sulfonamides is 1. The van der Waals surface area contributed by atoms with E-state index in [2.05, 4.69) is 6.58 Å². The van der Waals surface area contributed by atoms with Crippen LogP contribution in [0.1, 0.15) is 0 Å². The molecule has 0 spiro atoms. The molecule has 0 saturated heterocycles. The summed E-state index contributed by atoms with van der Waals surface area (Å²) in [6.07, 6.45) is 1.52. The Hall–Kier alpha value is -1.57. The molecule has 0 radical (unpaired) electrons. The van der Waals surface area contributed by atoms with Gasteiger partial charge in [-0.3, -0.25) is 0 Å². The summed E-state index contributed by atoms with van der Waals surface area (Å²) in [6, 6.07) is 4.48. The van der Waals surface area contributed by atoms with Gasteiger partial charge in [-0.25, -0.2) is 8.42 Å². The first-order chi connectivity index (χ1) is 9.47. The molecule has 1 rings (SSSR count). The molecule has 0 saturated carbocycles. The predicted octanol–water partition coefficient (Wildman–Crippen LogP) is 1.10. The van der Waals surface area contributed by atoms with E-state index < -0.39 is 10.0 Å². The standard InChI is InChI=1S/C13H20N2O4S/c1-4-7-15(8-9-18-2)20(16,17)13-6-5-11(19-3)10-12(13)14/h4-6,10H,1,7-9,14H2,2-3H3. The molecule has 0 unspecified atom stereocenters. The van der Waals surface area contributed by atoms with Crippen molar-refractivity contribution in [3.8, 4) is 5.75 Å². The Balaban J connectivity index is 3.15. The molecule has 1 aromatic rings. The van der Waals surface area contributed by atoms with Crippen molar-refractivity contribution < 1.29 is 17.9 Å². The summed E-state index contributed by atoms with van der Waals surface area (Å²) in [5.41, 5.74) is 5.95. The average molecular weight is 300 g/mol. The minimum Gasteiger partial charge on any atom is -0.497 e. The molecule has 1 aromatic carbocycles. The normalized spacial score (nSPS) is 11.6. The number of ether oxygens (including phenoxy) is 2. The number of methoxy groups -OCH3 is 2. The highest BCUT2D eigenvalue weighted by Gasteiger charge is 2.25. The van der Waals surface area contributed by atoms with Crippen molar-refractivity contribution in [3.63, 3.8) is 0 Å². The van der Waals surface area contributed by atoms with Gasteiger partial charge < -0.3 is 15.2 Å². The van der Waals surface area contributed by atoms with Gasteiger partial charge in [0.1, 0.15) is 10.6 Å². The highest BCUT2D eigenvalue weighted by atomic mass is 32.2. The Morgan fingerprint density at radius 1 is 1.40 bits per heavy atom. The van der Waals surface area contributed by atoms with Gasteiger partial charge >= 0.3 is 0 Å². The highest BCUT2D eigenvalue weighted by molar-refractivity contribution is 7.89. The second-order valence-electron chi connectivity index (χ2n) is 4.05. The lowest BCUT2D eigenvalue weighted by molar-refractivity contribution is 0.182.